The Kier molecular flexibility index (Phi) is 5.54. The van der Waals surface area contributed by atoms with Crippen molar-refractivity contribution in [2.45, 2.75) is 87.7 Å². The van der Waals surface area contributed by atoms with E-state index in [0.29, 0.717) is 18.9 Å². The molecule has 6 nitrogen and oxygen atoms in total. The molecule has 0 aromatic heterocycles. The predicted molar refractivity (Wildman–Crippen MR) is 109 cm³/mol. The van der Waals surface area contributed by atoms with Crippen molar-refractivity contribution in [1.82, 2.24) is 5.32 Å². The third kappa shape index (κ3) is 3.34. The molecule has 1 aliphatic carbocycles. The molecule has 3 N–H and O–H groups in total. The Balaban J connectivity index is 1.82. The summed E-state index contributed by atoms with van der Waals surface area (Å²) in [6.07, 6.45) is 6.45. The van der Waals surface area contributed by atoms with Gasteiger partial charge in [-0.1, -0.05) is 19.1 Å². The number of carbonyl (C=O) groups is 2. The number of ether oxygens (including phenoxy) is 1. The number of hydrogen-bond donors (Lipinski definition) is 3. The van der Waals surface area contributed by atoms with Crippen molar-refractivity contribution in [2.24, 2.45) is 11.3 Å². The molecule has 1 unspecified atom stereocenters. The first-order valence-corrected chi connectivity index (χ1v) is 13.7. The van der Waals surface area contributed by atoms with Crippen LogP contribution in [0.5, 0.6) is 0 Å². The average Bonchev–Trinajstić information content (AvgIpc) is 2.77. The van der Waals surface area contributed by atoms with Gasteiger partial charge in [-0.15, -0.1) is 11.6 Å². The highest BCUT2D eigenvalue weighted by Gasteiger charge is 2.80. The predicted octanol–water partition coefficient (Wildman–Crippen LogP) is 2.48. The van der Waals surface area contributed by atoms with E-state index in [1.165, 1.54) is 0 Å². The Bertz CT molecular complexity index is 695. The summed E-state index contributed by atoms with van der Waals surface area (Å²) in [6, 6.07) is 0.642. The number of aliphatic hydroxyl groups excluding tert-OH is 1. The molecule has 0 aromatic carbocycles. The van der Waals surface area contributed by atoms with E-state index in [9.17, 15) is 19.5 Å². The highest BCUT2D eigenvalue weighted by atomic mass is 35.5. The first-order chi connectivity index (χ1) is 12.9. The molecule has 0 spiro atoms. The molecular weight excluding hydrogens is 398 g/mol. The lowest BCUT2D eigenvalue weighted by atomic mass is 9.60. The monoisotopic (exact) mass is 429 g/mol. The molecule has 3 rings (SSSR count). The fraction of sp³-hybridized carbons (Fsp3) is 0.800. The molecule has 0 aromatic rings. The second-order valence-electron chi connectivity index (χ2n) is 9.73. The van der Waals surface area contributed by atoms with Gasteiger partial charge in [0, 0.05) is 10.8 Å². The van der Waals surface area contributed by atoms with Gasteiger partial charge in [0.2, 0.25) is 11.4 Å². The Hall–Kier alpha value is -0.893. The van der Waals surface area contributed by atoms with E-state index < -0.39 is 42.9 Å². The molecule has 2 fully saturated rings. The van der Waals surface area contributed by atoms with Crippen molar-refractivity contribution >= 4 is 31.8 Å². The van der Waals surface area contributed by atoms with E-state index >= 15 is 0 Å². The number of rotatable bonds is 7. The number of aliphatic hydroxyl groups is 1. The maximum atomic E-state index is 12.8. The van der Waals surface area contributed by atoms with Crippen molar-refractivity contribution in [1.29, 1.82) is 0 Å². The molecule has 0 saturated carbocycles. The van der Waals surface area contributed by atoms with Crippen LogP contribution in [0, 0.1) is 11.3 Å². The zero-order valence-electron chi connectivity index (χ0n) is 17.1. The SMILES string of the molecule is C[C@@]12OC(=O)[C@]1([C@@H](O)[C@]1(C)C=CCCC1)NC(=O)[C@@H]2CC(Cl)CC[Si](C)(C)O. The van der Waals surface area contributed by atoms with Gasteiger partial charge in [-0.25, -0.2) is 4.79 Å². The molecular formula is C20H32ClNO5Si. The van der Waals surface area contributed by atoms with Gasteiger partial charge >= 0.3 is 5.97 Å². The Morgan fingerprint density at radius 3 is 2.61 bits per heavy atom. The topological polar surface area (TPSA) is 95.9 Å². The summed E-state index contributed by atoms with van der Waals surface area (Å²) in [4.78, 5) is 35.5. The van der Waals surface area contributed by atoms with Crippen molar-refractivity contribution in [3.63, 3.8) is 0 Å². The van der Waals surface area contributed by atoms with Crippen LogP contribution in [-0.2, 0) is 14.3 Å². The minimum absolute atomic E-state index is 0.304. The summed E-state index contributed by atoms with van der Waals surface area (Å²) in [7, 11) is -2.22. The van der Waals surface area contributed by atoms with Crippen LogP contribution in [0.2, 0.25) is 19.1 Å². The maximum Gasteiger partial charge on any atom is 0.339 e. The summed E-state index contributed by atoms with van der Waals surface area (Å²) in [6.45, 7) is 7.36. The summed E-state index contributed by atoms with van der Waals surface area (Å²) < 4.78 is 5.53. The Morgan fingerprint density at radius 1 is 1.39 bits per heavy atom. The Morgan fingerprint density at radius 2 is 2.07 bits per heavy atom. The number of carbonyl (C=O) groups excluding carboxylic acids is 2. The van der Waals surface area contributed by atoms with Gasteiger partial charge in [0.15, 0.2) is 13.9 Å². The van der Waals surface area contributed by atoms with E-state index in [-0.39, 0.29) is 11.3 Å². The van der Waals surface area contributed by atoms with E-state index in [2.05, 4.69) is 5.32 Å². The molecule has 0 bridgehead atoms. The van der Waals surface area contributed by atoms with Crippen LogP contribution < -0.4 is 5.32 Å². The second-order valence-corrected chi connectivity index (χ2v) is 14.5. The van der Waals surface area contributed by atoms with Gasteiger partial charge in [0.05, 0.1) is 5.92 Å². The molecule has 2 heterocycles. The molecule has 6 atom stereocenters. The third-order valence-electron chi connectivity index (χ3n) is 6.89. The first kappa shape index (κ1) is 21.8. The lowest BCUT2D eigenvalue weighted by Crippen LogP contribution is -2.81. The lowest BCUT2D eigenvalue weighted by molar-refractivity contribution is -0.243. The summed E-state index contributed by atoms with van der Waals surface area (Å²) in [5, 5.41) is 13.8. The fourth-order valence-electron chi connectivity index (χ4n) is 4.99. The smallest absolute Gasteiger partial charge is 0.339 e. The quantitative estimate of drug-likeness (QED) is 0.250. The first-order valence-electron chi connectivity index (χ1n) is 10.1. The van der Waals surface area contributed by atoms with Crippen LogP contribution >= 0.6 is 11.6 Å². The van der Waals surface area contributed by atoms with Crippen molar-refractivity contribution in [3.05, 3.63) is 12.2 Å². The molecule has 2 saturated heterocycles. The fourth-order valence-corrected chi connectivity index (χ4v) is 6.51. The maximum absolute atomic E-state index is 12.8. The number of halogens is 1. The van der Waals surface area contributed by atoms with Crippen LogP contribution in [0.1, 0.15) is 46.0 Å². The van der Waals surface area contributed by atoms with Crippen LogP contribution in [-0.4, -0.2) is 52.7 Å². The number of alkyl halides is 1. The van der Waals surface area contributed by atoms with Crippen molar-refractivity contribution in [2.75, 3.05) is 0 Å². The number of nitrogens with one attached hydrogen (secondary N) is 1. The van der Waals surface area contributed by atoms with Gasteiger partial charge in [-0.05, 0) is 58.2 Å². The zero-order valence-corrected chi connectivity index (χ0v) is 18.9. The molecule has 158 valence electrons. The average molecular weight is 430 g/mol. The molecule has 1 amide bonds. The van der Waals surface area contributed by atoms with Gasteiger partial charge in [0.1, 0.15) is 6.10 Å². The van der Waals surface area contributed by atoms with Gasteiger partial charge in [-0.3, -0.25) is 4.79 Å². The van der Waals surface area contributed by atoms with Crippen LogP contribution in [0.15, 0.2) is 12.2 Å². The Labute approximate surface area is 172 Å². The van der Waals surface area contributed by atoms with Gasteiger partial charge < -0.3 is 20.0 Å². The van der Waals surface area contributed by atoms with E-state index in [4.69, 9.17) is 16.3 Å². The summed E-state index contributed by atoms with van der Waals surface area (Å²) >= 11 is 6.49. The second kappa shape index (κ2) is 7.11. The molecule has 28 heavy (non-hydrogen) atoms. The molecule has 2 aliphatic heterocycles. The van der Waals surface area contributed by atoms with Gasteiger partial charge in [0.25, 0.3) is 0 Å². The largest absolute Gasteiger partial charge is 0.453 e. The zero-order chi connectivity index (χ0) is 21.0. The third-order valence-corrected chi connectivity index (χ3v) is 8.80. The highest BCUT2D eigenvalue weighted by Crippen LogP contribution is 2.56. The summed E-state index contributed by atoms with van der Waals surface area (Å²) in [5.74, 6) is -1.50. The van der Waals surface area contributed by atoms with Crippen molar-refractivity contribution in [3.8, 4) is 0 Å². The number of amides is 1. The number of allylic oxidation sites excluding steroid dienone is 1. The van der Waals surface area contributed by atoms with Crippen LogP contribution in [0.4, 0.5) is 0 Å². The van der Waals surface area contributed by atoms with Crippen LogP contribution in [0.3, 0.4) is 0 Å². The summed E-state index contributed by atoms with van der Waals surface area (Å²) in [5.41, 5.74) is -3.17. The molecule has 8 heteroatoms. The molecule has 0 radical (unpaired) electrons. The minimum atomic E-state index is -2.22. The van der Waals surface area contributed by atoms with Crippen molar-refractivity contribution < 1.29 is 24.2 Å². The van der Waals surface area contributed by atoms with E-state index in [1.807, 2.05) is 32.2 Å². The minimum Gasteiger partial charge on any atom is -0.453 e. The standard InChI is InChI=1S/C20H32ClNO5Si/c1-18(9-6-5-7-10-18)16(24)20-17(25)27-19(20,2)14(15(23)22-20)12-13(21)8-11-28(3,4)26/h6,9,13-14,16,24,26H,5,7-8,10-12H2,1-4H3,(H,22,23)/t13?,14-,16-,18+,19-,20-/m0/s1. The molecule has 3 aliphatic rings. The normalized spacial score (nSPS) is 39.6. The number of fused-ring (bicyclic) bond motifs is 1. The highest BCUT2D eigenvalue weighted by molar-refractivity contribution is 6.69. The van der Waals surface area contributed by atoms with Crippen LogP contribution in [0.25, 0.3) is 0 Å². The lowest BCUT2D eigenvalue weighted by Gasteiger charge is -2.56. The number of esters is 1. The van der Waals surface area contributed by atoms with E-state index in [0.717, 1.165) is 19.3 Å². The van der Waals surface area contributed by atoms with Gasteiger partial charge in [-0.2, -0.15) is 0 Å². The van der Waals surface area contributed by atoms with E-state index in [1.54, 1.807) is 6.92 Å². The number of hydrogen-bond acceptors (Lipinski definition) is 5.